The van der Waals surface area contributed by atoms with Crippen LogP contribution in [0.25, 0.3) is 0 Å². The second-order valence-corrected chi connectivity index (χ2v) is 5.28. The van der Waals surface area contributed by atoms with E-state index in [1.807, 2.05) is 20.8 Å². The third-order valence-electron chi connectivity index (χ3n) is 3.28. The molecule has 1 aliphatic carbocycles. The van der Waals surface area contributed by atoms with Crippen LogP contribution >= 0.6 is 0 Å². The highest BCUT2D eigenvalue weighted by atomic mass is 16.3. The first kappa shape index (κ1) is 15.0. The third kappa shape index (κ3) is 3.70. The first-order valence-electron chi connectivity index (χ1n) is 6.70. The summed E-state index contributed by atoms with van der Waals surface area (Å²) in [6.07, 6.45) is 2.76. The second kappa shape index (κ2) is 6.18. The van der Waals surface area contributed by atoms with Crippen LogP contribution in [0.4, 0.5) is 0 Å². The van der Waals surface area contributed by atoms with E-state index in [0.717, 1.165) is 12.8 Å². The Hall–Kier alpha value is -1.10. The Morgan fingerprint density at radius 3 is 2.33 bits per heavy atom. The number of carbonyl (C=O) groups is 2. The van der Waals surface area contributed by atoms with E-state index in [2.05, 4.69) is 5.32 Å². The average molecular weight is 256 g/mol. The van der Waals surface area contributed by atoms with Gasteiger partial charge in [0.1, 0.15) is 5.60 Å². The first-order valence-corrected chi connectivity index (χ1v) is 6.70. The fourth-order valence-electron chi connectivity index (χ4n) is 2.34. The molecule has 5 heteroatoms. The second-order valence-electron chi connectivity index (χ2n) is 5.28. The molecular formula is C13H24N2O3. The molecule has 0 saturated heterocycles. The molecule has 0 aliphatic heterocycles. The Balaban J connectivity index is 2.60. The number of carbonyl (C=O) groups excluding carboxylic acids is 2. The minimum atomic E-state index is -1.24. The molecule has 0 bridgehead atoms. The van der Waals surface area contributed by atoms with Crippen molar-refractivity contribution < 1.29 is 14.7 Å². The maximum Gasteiger partial charge on any atom is 0.254 e. The number of amides is 2. The molecule has 0 unspecified atom stereocenters. The van der Waals surface area contributed by atoms with E-state index in [0.29, 0.717) is 19.4 Å². The number of nitrogens with one attached hydrogen (secondary N) is 1. The molecule has 0 atom stereocenters. The predicted octanol–water partition coefficient (Wildman–Crippen LogP) is 0.665. The number of hydrogen-bond donors (Lipinski definition) is 2. The summed E-state index contributed by atoms with van der Waals surface area (Å²) < 4.78 is 0. The number of likely N-dealkylation sites (N-methyl/N-ethyl adjacent to an activating group) is 1. The molecule has 0 aromatic rings. The van der Waals surface area contributed by atoms with E-state index in [-0.39, 0.29) is 24.4 Å². The van der Waals surface area contributed by atoms with E-state index in [1.54, 1.807) is 0 Å². The third-order valence-corrected chi connectivity index (χ3v) is 3.28. The van der Waals surface area contributed by atoms with Gasteiger partial charge in [0.25, 0.3) is 5.91 Å². The van der Waals surface area contributed by atoms with Crippen molar-refractivity contribution in [2.45, 2.75) is 58.1 Å². The molecule has 1 aliphatic rings. The molecular weight excluding hydrogens is 232 g/mol. The maximum atomic E-state index is 12.2. The van der Waals surface area contributed by atoms with E-state index < -0.39 is 5.60 Å². The van der Waals surface area contributed by atoms with Crippen molar-refractivity contribution in [3.05, 3.63) is 0 Å². The molecule has 0 radical (unpaired) electrons. The van der Waals surface area contributed by atoms with E-state index >= 15 is 0 Å². The first-order chi connectivity index (χ1) is 8.39. The summed E-state index contributed by atoms with van der Waals surface area (Å²) >= 11 is 0. The van der Waals surface area contributed by atoms with Crippen LogP contribution in [0, 0.1) is 0 Å². The molecule has 2 amide bonds. The van der Waals surface area contributed by atoms with Crippen molar-refractivity contribution >= 4 is 11.8 Å². The Bertz CT molecular complexity index is 309. The van der Waals surface area contributed by atoms with Crippen LogP contribution in [0.2, 0.25) is 0 Å². The molecule has 18 heavy (non-hydrogen) atoms. The number of nitrogens with zero attached hydrogens (tertiary/aromatic N) is 1. The van der Waals surface area contributed by atoms with Crippen molar-refractivity contribution in [3.8, 4) is 0 Å². The number of aliphatic hydroxyl groups is 1. The van der Waals surface area contributed by atoms with Crippen LogP contribution in [0.3, 0.4) is 0 Å². The molecule has 0 aromatic heterocycles. The minimum absolute atomic E-state index is 0.0236. The van der Waals surface area contributed by atoms with Crippen molar-refractivity contribution in [2.24, 2.45) is 0 Å². The predicted molar refractivity (Wildman–Crippen MR) is 69.0 cm³/mol. The lowest BCUT2D eigenvalue weighted by atomic mass is 10.0. The molecule has 1 saturated carbocycles. The normalized spacial score (nSPS) is 17.8. The summed E-state index contributed by atoms with van der Waals surface area (Å²) in [7, 11) is 0. The molecule has 0 aromatic carbocycles. The average Bonchev–Trinajstić information content (AvgIpc) is 2.72. The lowest BCUT2D eigenvalue weighted by Crippen LogP contribution is -2.51. The van der Waals surface area contributed by atoms with Gasteiger partial charge in [-0.2, -0.15) is 0 Å². The SMILES string of the molecule is CCN(CC(=O)NC(C)C)C(=O)C1(O)CCCC1. The monoisotopic (exact) mass is 256 g/mol. The summed E-state index contributed by atoms with van der Waals surface area (Å²) in [6.45, 7) is 6.03. The lowest BCUT2D eigenvalue weighted by Gasteiger charge is -2.29. The molecule has 104 valence electrons. The van der Waals surface area contributed by atoms with Gasteiger partial charge < -0.3 is 15.3 Å². The molecule has 1 rings (SSSR count). The molecule has 5 nitrogen and oxygen atoms in total. The summed E-state index contributed by atoms with van der Waals surface area (Å²) in [5, 5.41) is 13.0. The molecule has 2 N–H and O–H groups in total. The van der Waals surface area contributed by atoms with Gasteiger partial charge in [0, 0.05) is 12.6 Å². The fourth-order valence-corrected chi connectivity index (χ4v) is 2.34. The van der Waals surface area contributed by atoms with Crippen molar-refractivity contribution in [2.75, 3.05) is 13.1 Å². The van der Waals surface area contributed by atoms with Gasteiger partial charge in [-0.15, -0.1) is 0 Å². The molecule has 1 fully saturated rings. The zero-order valence-corrected chi connectivity index (χ0v) is 11.5. The minimum Gasteiger partial charge on any atom is -0.380 e. The highest BCUT2D eigenvalue weighted by molar-refractivity contribution is 5.89. The van der Waals surface area contributed by atoms with Crippen LogP contribution < -0.4 is 5.32 Å². The quantitative estimate of drug-likeness (QED) is 0.759. The Labute approximate surface area is 109 Å². The van der Waals surface area contributed by atoms with Gasteiger partial charge >= 0.3 is 0 Å². The van der Waals surface area contributed by atoms with E-state index in [9.17, 15) is 14.7 Å². The number of hydrogen-bond acceptors (Lipinski definition) is 3. The van der Waals surface area contributed by atoms with E-state index in [1.165, 1.54) is 4.90 Å². The summed E-state index contributed by atoms with van der Waals surface area (Å²) in [5.41, 5.74) is -1.24. The zero-order chi connectivity index (χ0) is 13.8. The van der Waals surface area contributed by atoms with Crippen LogP contribution in [0.15, 0.2) is 0 Å². The van der Waals surface area contributed by atoms with Crippen molar-refractivity contribution in [1.29, 1.82) is 0 Å². The van der Waals surface area contributed by atoms with Gasteiger partial charge in [-0.25, -0.2) is 0 Å². The zero-order valence-electron chi connectivity index (χ0n) is 11.5. The smallest absolute Gasteiger partial charge is 0.254 e. The van der Waals surface area contributed by atoms with Gasteiger partial charge in [0.05, 0.1) is 6.54 Å². The van der Waals surface area contributed by atoms with Crippen LogP contribution in [0.5, 0.6) is 0 Å². The van der Waals surface area contributed by atoms with Gasteiger partial charge in [0.2, 0.25) is 5.91 Å². The van der Waals surface area contributed by atoms with Gasteiger partial charge in [-0.3, -0.25) is 9.59 Å². The Morgan fingerprint density at radius 1 is 1.33 bits per heavy atom. The number of rotatable bonds is 5. The summed E-state index contributed by atoms with van der Waals surface area (Å²) in [4.78, 5) is 25.3. The van der Waals surface area contributed by atoms with Gasteiger partial charge in [-0.1, -0.05) is 0 Å². The Kier molecular flexibility index (Phi) is 5.14. The topological polar surface area (TPSA) is 69.6 Å². The molecule has 0 heterocycles. The lowest BCUT2D eigenvalue weighted by molar-refractivity contribution is -0.152. The fraction of sp³-hybridized carbons (Fsp3) is 0.846. The largest absolute Gasteiger partial charge is 0.380 e. The van der Waals surface area contributed by atoms with Crippen molar-refractivity contribution in [1.82, 2.24) is 10.2 Å². The highest BCUT2D eigenvalue weighted by Crippen LogP contribution is 2.31. The summed E-state index contributed by atoms with van der Waals surface area (Å²) in [6, 6.07) is 0.0564. The standard InChI is InChI=1S/C13H24N2O3/c1-4-15(9-11(16)14-10(2)3)12(17)13(18)7-5-6-8-13/h10,18H,4-9H2,1-3H3,(H,14,16). The molecule has 0 spiro atoms. The van der Waals surface area contributed by atoms with Crippen LogP contribution in [-0.4, -0.2) is 46.6 Å². The Morgan fingerprint density at radius 2 is 1.89 bits per heavy atom. The van der Waals surface area contributed by atoms with Crippen LogP contribution in [-0.2, 0) is 9.59 Å². The van der Waals surface area contributed by atoms with E-state index in [4.69, 9.17) is 0 Å². The maximum absolute atomic E-state index is 12.2. The highest BCUT2D eigenvalue weighted by Gasteiger charge is 2.41. The summed E-state index contributed by atoms with van der Waals surface area (Å²) in [5.74, 6) is -0.483. The van der Waals surface area contributed by atoms with Gasteiger partial charge in [0.15, 0.2) is 0 Å². The van der Waals surface area contributed by atoms with Crippen LogP contribution in [0.1, 0.15) is 46.5 Å². The van der Waals surface area contributed by atoms with Crippen molar-refractivity contribution in [3.63, 3.8) is 0 Å². The van der Waals surface area contributed by atoms with Gasteiger partial charge in [-0.05, 0) is 46.5 Å².